The molecule has 5 atom stereocenters. The van der Waals surface area contributed by atoms with Gasteiger partial charge in [0.15, 0.2) is 0 Å². The predicted octanol–water partition coefficient (Wildman–Crippen LogP) is 3.32. The summed E-state index contributed by atoms with van der Waals surface area (Å²) in [4.78, 5) is 45.0. The van der Waals surface area contributed by atoms with Gasteiger partial charge in [0.1, 0.15) is 12.6 Å². The van der Waals surface area contributed by atoms with Crippen LogP contribution in [-0.4, -0.2) is 70.1 Å². The maximum absolute atomic E-state index is 14.4. The molecule has 0 saturated carbocycles. The lowest BCUT2D eigenvalue weighted by atomic mass is 9.78. The normalized spacial score (nSPS) is 30.7. The standard InChI is InChI=1S/C29H30N2O5S/c32-16-5-1-4-14-31-25-27(34)30(21-12-11-19-8-2-3-9-20(19)18-21)15-7-13-29(25)24(26(31)33)23-22(37-29)10-6-17-36-28(23)35/h2-3,6-13,18,22-25,32H,1,4-5,14-17H2/t22-,23+,24+,25?,29+/m1/s1. The minimum Gasteiger partial charge on any atom is -0.461 e. The number of thioether (sulfide) groups is 1. The maximum atomic E-state index is 14.4. The van der Waals surface area contributed by atoms with E-state index in [1.165, 1.54) is 0 Å². The number of aliphatic hydroxyl groups excluding tert-OH is 1. The molecule has 2 amide bonds. The molecular weight excluding hydrogens is 488 g/mol. The van der Waals surface area contributed by atoms with Gasteiger partial charge in [-0.1, -0.05) is 54.6 Å². The number of hydrogen-bond donors (Lipinski definition) is 1. The molecule has 1 N–H and O–H groups in total. The Morgan fingerprint density at radius 1 is 1.00 bits per heavy atom. The van der Waals surface area contributed by atoms with Crippen molar-refractivity contribution in [3.63, 3.8) is 0 Å². The second-order valence-corrected chi connectivity index (χ2v) is 11.6. The first-order valence-corrected chi connectivity index (χ1v) is 13.8. The molecule has 8 heteroatoms. The highest BCUT2D eigenvalue weighted by molar-refractivity contribution is 8.02. The van der Waals surface area contributed by atoms with Gasteiger partial charge in [0.25, 0.3) is 5.91 Å². The van der Waals surface area contributed by atoms with E-state index in [0.29, 0.717) is 25.9 Å². The van der Waals surface area contributed by atoms with E-state index >= 15 is 0 Å². The van der Waals surface area contributed by atoms with Crippen molar-refractivity contribution in [2.45, 2.75) is 35.3 Å². The number of rotatable bonds is 6. The summed E-state index contributed by atoms with van der Waals surface area (Å²) in [6.07, 6.45) is 9.89. The quantitative estimate of drug-likeness (QED) is 0.359. The lowest BCUT2D eigenvalue weighted by molar-refractivity contribution is -0.151. The molecule has 4 aliphatic heterocycles. The minimum absolute atomic E-state index is 0.0964. The Morgan fingerprint density at radius 2 is 1.84 bits per heavy atom. The highest BCUT2D eigenvalue weighted by atomic mass is 32.2. The van der Waals surface area contributed by atoms with Gasteiger partial charge in [-0.25, -0.2) is 0 Å². The molecule has 2 fully saturated rings. The second-order valence-electron chi connectivity index (χ2n) is 10.1. The number of benzene rings is 2. The molecule has 2 aromatic carbocycles. The molecule has 4 aliphatic rings. The van der Waals surface area contributed by atoms with Crippen LogP contribution in [0.15, 0.2) is 66.8 Å². The summed E-state index contributed by atoms with van der Waals surface area (Å²) in [5, 5.41) is 11.1. The number of nitrogens with zero attached hydrogens (tertiary/aromatic N) is 2. The fourth-order valence-corrected chi connectivity index (χ4v) is 8.36. The van der Waals surface area contributed by atoms with Crippen LogP contribution in [-0.2, 0) is 19.1 Å². The smallest absolute Gasteiger partial charge is 0.311 e. The van der Waals surface area contributed by atoms with Gasteiger partial charge in [-0.05, 0) is 42.2 Å². The van der Waals surface area contributed by atoms with Crippen LogP contribution in [0.3, 0.4) is 0 Å². The van der Waals surface area contributed by atoms with E-state index in [4.69, 9.17) is 4.74 Å². The summed E-state index contributed by atoms with van der Waals surface area (Å²) in [6.45, 7) is 1.11. The van der Waals surface area contributed by atoms with Crippen LogP contribution in [0.1, 0.15) is 19.3 Å². The number of aliphatic hydroxyl groups is 1. The first-order valence-electron chi connectivity index (χ1n) is 13.0. The van der Waals surface area contributed by atoms with Crippen molar-refractivity contribution in [2.24, 2.45) is 11.8 Å². The van der Waals surface area contributed by atoms with Crippen LogP contribution in [0.4, 0.5) is 5.69 Å². The van der Waals surface area contributed by atoms with Crippen molar-refractivity contribution in [2.75, 3.05) is 31.2 Å². The first kappa shape index (κ1) is 24.2. The molecule has 7 nitrogen and oxygen atoms in total. The van der Waals surface area contributed by atoms with Gasteiger partial charge >= 0.3 is 5.97 Å². The van der Waals surface area contributed by atoms with Crippen LogP contribution in [0, 0.1) is 11.8 Å². The first-order chi connectivity index (χ1) is 18.0. The molecule has 192 valence electrons. The van der Waals surface area contributed by atoms with E-state index in [1.807, 2.05) is 66.8 Å². The molecule has 1 spiro atoms. The number of fused-ring (bicyclic) bond motifs is 3. The number of anilines is 1. The lowest BCUT2D eigenvalue weighted by Gasteiger charge is -2.35. The van der Waals surface area contributed by atoms with E-state index in [2.05, 4.69) is 0 Å². The largest absolute Gasteiger partial charge is 0.461 e. The third kappa shape index (κ3) is 3.89. The maximum Gasteiger partial charge on any atom is 0.311 e. The molecule has 4 heterocycles. The number of cyclic esters (lactones) is 1. The number of carbonyl (C=O) groups is 3. The van der Waals surface area contributed by atoms with Crippen molar-refractivity contribution in [1.82, 2.24) is 4.90 Å². The van der Waals surface area contributed by atoms with Crippen molar-refractivity contribution < 1.29 is 24.2 Å². The van der Waals surface area contributed by atoms with Crippen LogP contribution in [0.2, 0.25) is 0 Å². The zero-order valence-corrected chi connectivity index (χ0v) is 21.3. The summed E-state index contributed by atoms with van der Waals surface area (Å²) in [6, 6.07) is 13.3. The minimum atomic E-state index is -0.840. The van der Waals surface area contributed by atoms with Crippen LogP contribution < -0.4 is 4.90 Å². The van der Waals surface area contributed by atoms with Gasteiger partial charge in [0, 0.05) is 30.6 Å². The van der Waals surface area contributed by atoms with Gasteiger partial charge in [-0.3, -0.25) is 14.4 Å². The Kier molecular flexibility index (Phi) is 6.32. The van der Waals surface area contributed by atoms with Crippen molar-refractivity contribution in [3.8, 4) is 0 Å². The fourth-order valence-electron chi connectivity index (χ4n) is 6.36. The zero-order chi connectivity index (χ0) is 25.6. The van der Waals surface area contributed by atoms with Crippen molar-refractivity contribution in [1.29, 1.82) is 0 Å². The van der Waals surface area contributed by atoms with Gasteiger partial charge < -0.3 is 19.6 Å². The van der Waals surface area contributed by atoms with Crippen molar-refractivity contribution >= 4 is 46.0 Å². The Balaban J connectivity index is 1.41. The average molecular weight is 519 g/mol. The summed E-state index contributed by atoms with van der Waals surface area (Å²) < 4.78 is 4.59. The van der Waals surface area contributed by atoms with Gasteiger partial charge in [0.05, 0.1) is 16.6 Å². The van der Waals surface area contributed by atoms with E-state index in [1.54, 1.807) is 21.6 Å². The molecule has 0 bridgehead atoms. The van der Waals surface area contributed by atoms with E-state index in [-0.39, 0.29) is 36.2 Å². The topological polar surface area (TPSA) is 87.2 Å². The highest BCUT2D eigenvalue weighted by Crippen LogP contribution is 2.61. The fraction of sp³-hybridized carbons (Fsp3) is 0.414. The molecule has 0 radical (unpaired) electrons. The van der Waals surface area contributed by atoms with E-state index in [0.717, 1.165) is 22.9 Å². The number of unbranched alkanes of at least 4 members (excludes halogenated alkanes) is 2. The van der Waals surface area contributed by atoms with Crippen LogP contribution in [0.5, 0.6) is 0 Å². The number of ether oxygens (including phenoxy) is 1. The molecule has 2 saturated heterocycles. The van der Waals surface area contributed by atoms with E-state index < -0.39 is 22.6 Å². The molecular formula is C29H30N2O5S. The van der Waals surface area contributed by atoms with Crippen molar-refractivity contribution in [3.05, 3.63) is 66.8 Å². The summed E-state index contributed by atoms with van der Waals surface area (Å²) in [7, 11) is 0. The number of likely N-dealkylation sites (tertiary alicyclic amines) is 1. The number of esters is 1. The Bertz CT molecular complexity index is 1310. The SMILES string of the molecule is O=C1OCC=C[C@H]2S[C@]34C=CCN(c5ccc6ccccc6c5)C(=O)C3N(CCCCCO)C(=O)[C@@H]4[C@@H]12. The predicted molar refractivity (Wildman–Crippen MR) is 143 cm³/mol. The highest BCUT2D eigenvalue weighted by Gasteiger charge is 2.71. The van der Waals surface area contributed by atoms with Crippen LogP contribution in [0.25, 0.3) is 10.8 Å². The molecule has 0 aromatic heterocycles. The third-order valence-corrected chi connectivity index (χ3v) is 9.76. The summed E-state index contributed by atoms with van der Waals surface area (Å²) in [5.41, 5.74) is 0.790. The molecule has 1 unspecified atom stereocenters. The number of amides is 2. The van der Waals surface area contributed by atoms with Gasteiger partial charge in [0.2, 0.25) is 5.91 Å². The second kappa shape index (κ2) is 9.65. The average Bonchev–Trinajstić information content (AvgIpc) is 3.20. The monoisotopic (exact) mass is 518 g/mol. The Hall–Kier alpha value is -3.10. The molecule has 37 heavy (non-hydrogen) atoms. The number of hydrogen-bond acceptors (Lipinski definition) is 6. The van der Waals surface area contributed by atoms with E-state index in [9.17, 15) is 19.5 Å². The summed E-state index contributed by atoms with van der Waals surface area (Å²) >= 11 is 1.56. The summed E-state index contributed by atoms with van der Waals surface area (Å²) in [5.74, 6) is -1.92. The van der Waals surface area contributed by atoms with Gasteiger partial charge in [-0.2, -0.15) is 0 Å². The molecule has 0 aliphatic carbocycles. The Morgan fingerprint density at radius 3 is 2.68 bits per heavy atom. The Labute approximate surface area is 220 Å². The third-order valence-electron chi connectivity index (χ3n) is 8.02. The lowest BCUT2D eigenvalue weighted by Crippen LogP contribution is -2.53. The molecule has 2 aromatic rings. The van der Waals surface area contributed by atoms with Crippen LogP contribution >= 0.6 is 11.8 Å². The zero-order valence-electron chi connectivity index (χ0n) is 20.5. The van der Waals surface area contributed by atoms with Gasteiger partial charge in [-0.15, -0.1) is 11.8 Å². The molecule has 6 rings (SSSR count). The number of carbonyl (C=O) groups excluding carboxylic acids is 3.